The van der Waals surface area contributed by atoms with E-state index in [9.17, 15) is 9.90 Å². The van der Waals surface area contributed by atoms with Gasteiger partial charge in [-0.3, -0.25) is 8.75 Å². The molecule has 152 valence electrons. The van der Waals surface area contributed by atoms with E-state index in [2.05, 4.69) is 4.99 Å². The molecule has 7 heteroatoms. The highest BCUT2D eigenvalue weighted by Crippen LogP contribution is 2.26. The molecule has 2 aromatic carbocycles. The molecule has 3 aromatic rings. The second kappa shape index (κ2) is 8.53. The number of benzene rings is 2. The summed E-state index contributed by atoms with van der Waals surface area (Å²) in [6.07, 6.45) is 0.952. The lowest BCUT2D eigenvalue weighted by atomic mass is 10.0. The molecule has 1 N–H and O–H groups in total. The van der Waals surface area contributed by atoms with Crippen LogP contribution in [0.3, 0.4) is 0 Å². The van der Waals surface area contributed by atoms with Crippen LogP contribution in [0.15, 0.2) is 59.7 Å². The number of nitrogens with zero attached hydrogens (tertiary/aromatic N) is 2. The number of rotatable bonds is 4. The maximum Gasteiger partial charge on any atom is 0.282 e. The van der Waals surface area contributed by atoms with Gasteiger partial charge in [0.1, 0.15) is 16.5 Å². The summed E-state index contributed by atoms with van der Waals surface area (Å²) in [6.45, 7) is 6.15. The van der Waals surface area contributed by atoms with Gasteiger partial charge in [0.15, 0.2) is 0 Å². The first-order valence-corrected chi connectivity index (χ1v) is 10.2. The molecule has 0 bridgehead atoms. The Labute approximate surface area is 179 Å². The minimum atomic E-state index is -0.899. The van der Waals surface area contributed by atoms with Crippen molar-refractivity contribution in [2.24, 2.45) is 4.99 Å². The molecule has 29 heavy (non-hydrogen) atoms. The summed E-state index contributed by atoms with van der Waals surface area (Å²) >= 11 is 7.38. The fourth-order valence-electron chi connectivity index (χ4n) is 2.77. The highest BCUT2D eigenvalue weighted by atomic mass is 35.5. The smallest absolute Gasteiger partial charge is 0.282 e. The maximum absolute atomic E-state index is 12.9. The van der Waals surface area contributed by atoms with Gasteiger partial charge in [-0.05, 0) is 56.1 Å². The van der Waals surface area contributed by atoms with Crippen molar-refractivity contribution in [2.45, 2.75) is 32.4 Å². The molecular weight excluding hydrogens is 408 g/mol. The second-order valence-electron chi connectivity index (χ2n) is 7.55. The Morgan fingerprint density at radius 1 is 1.21 bits per heavy atom. The summed E-state index contributed by atoms with van der Waals surface area (Å²) in [4.78, 5) is 17.2. The molecular formula is C22H23ClN2O3S. The molecule has 0 spiro atoms. The van der Waals surface area contributed by atoms with E-state index in [-0.39, 0.29) is 11.1 Å². The average molecular weight is 431 g/mol. The normalized spacial score (nSPS) is 13.4. The van der Waals surface area contributed by atoms with Gasteiger partial charge in [0.05, 0.1) is 12.7 Å². The van der Waals surface area contributed by atoms with E-state index in [1.807, 2.05) is 61.3 Å². The standard InChI is InChI=1S/C22H23ClN2O3S/c1-22(2,3)25-13-17(19(26)14-8-6-5-7-9-14)21(29-25)24-20(27)16-12-15(23)10-11-18(16)28-4/h5-13,19,26H,1-4H3. The molecule has 1 aromatic heterocycles. The predicted octanol–water partition coefficient (Wildman–Crippen LogP) is 4.79. The van der Waals surface area contributed by atoms with Crippen LogP contribution in [0.25, 0.3) is 0 Å². The minimum absolute atomic E-state index is 0.222. The first-order chi connectivity index (χ1) is 13.7. The number of halogens is 1. The fraction of sp³-hybridized carbons (Fsp3) is 0.273. The van der Waals surface area contributed by atoms with E-state index in [0.29, 0.717) is 21.0 Å². The Morgan fingerprint density at radius 3 is 2.52 bits per heavy atom. The average Bonchev–Trinajstić information content (AvgIpc) is 3.12. The van der Waals surface area contributed by atoms with Crippen molar-refractivity contribution in [1.29, 1.82) is 0 Å². The largest absolute Gasteiger partial charge is 0.496 e. The van der Waals surface area contributed by atoms with Crippen molar-refractivity contribution in [3.63, 3.8) is 0 Å². The van der Waals surface area contributed by atoms with Crippen LogP contribution in [0.4, 0.5) is 0 Å². The Morgan fingerprint density at radius 2 is 1.90 bits per heavy atom. The Kier molecular flexibility index (Phi) is 6.27. The number of aliphatic hydroxyl groups excluding tert-OH is 1. The van der Waals surface area contributed by atoms with Gasteiger partial charge in [0.25, 0.3) is 5.91 Å². The summed E-state index contributed by atoms with van der Waals surface area (Å²) in [6, 6.07) is 14.1. The number of ether oxygens (including phenoxy) is 1. The number of hydrogen-bond donors (Lipinski definition) is 1. The SMILES string of the molecule is COc1ccc(Cl)cc1C(=O)N=c1sn(C(C)(C)C)cc1C(O)c1ccccc1. The number of amides is 1. The third kappa shape index (κ3) is 4.78. The molecule has 0 aliphatic rings. The van der Waals surface area contributed by atoms with Crippen molar-refractivity contribution in [3.8, 4) is 5.75 Å². The van der Waals surface area contributed by atoms with E-state index >= 15 is 0 Å². The van der Waals surface area contributed by atoms with Crippen LogP contribution in [0, 0.1) is 0 Å². The van der Waals surface area contributed by atoms with Crippen molar-refractivity contribution >= 4 is 29.0 Å². The van der Waals surface area contributed by atoms with E-state index < -0.39 is 12.0 Å². The van der Waals surface area contributed by atoms with Gasteiger partial charge in [0.2, 0.25) is 0 Å². The zero-order chi connectivity index (χ0) is 21.2. The zero-order valence-electron chi connectivity index (χ0n) is 16.7. The third-order valence-electron chi connectivity index (χ3n) is 4.35. The molecule has 0 aliphatic carbocycles. The van der Waals surface area contributed by atoms with Crippen LogP contribution in [-0.4, -0.2) is 22.1 Å². The van der Waals surface area contributed by atoms with Gasteiger partial charge in [-0.2, -0.15) is 4.99 Å². The van der Waals surface area contributed by atoms with E-state index in [0.717, 1.165) is 5.56 Å². The molecule has 1 atom stereocenters. The topological polar surface area (TPSA) is 63.8 Å². The number of aromatic nitrogens is 1. The van der Waals surface area contributed by atoms with Crippen LogP contribution in [-0.2, 0) is 5.54 Å². The van der Waals surface area contributed by atoms with Gasteiger partial charge < -0.3 is 9.84 Å². The van der Waals surface area contributed by atoms with E-state index in [4.69, 9.17) is 16.3 Å². The van der Waals surface area contributed by atoms with Crippen molar-refractivity contribution in [1.82, 2.24) is 3.96 Å². The van der Waals surface area contributed by atoms with E-state index in [1.165, 1.54) is 24.7 Å². The highest BCUT2D eigenvalue weighted by Gasteiger charge is 2.22. The molecule has 0 saturated carbocycles. The van der Waals surface area contributed by atoms with Crippen LogP contribution < -0.4 is 9.41 Å². The quantitative estimate of drug-likeness (QED) is 0.647. The predicted molar refractivity (Wildman–Crippen MR) is 116 cm³/mol. The second-order valence-corrected chi connectivity index (χ2v) is 8.95. The molecule has 5 nitrogen and oxygen atoms in total. The fourth-order valence-corrected chi connectivity index (χ4v) is 3.96. The molecule has 1 amide bonds. The summed E-state index contributed by atoms with van der Waals surface area (Å²) in [5.74, 6) is -0.0812. The molecule has 3 rings (SSSR count). The van der Waals surface area contributed by atoms with Crippen LogP contribution in [0.5, 0.6) is 5.75 Å². The maximum atomic E-state index is 12.9. The van der Waals surface area contributed by atoms with Crippen molar-refractivity contribution < 1.29 is 14.6 Å². The number of methoxy groups -OCH3 is 1. The first-order valence-electron chi connectivity index (χ1n) is 9.09. The molecule has 1 heterocycles. The Hall–Kier alpha value is -2.41. The number of aliphatic hydroxyl groups is 1. The third-order valence-corrected chi connectivity index (χ3v) is 5.94. The molecule has 0 radical (unpaired) electrons. The lowest BCUT2D eigenvalue weighted by molar-refractivity contribution is 0.0995. The van der Waals surface area contributed by atoms with Crippen LogP contribution in [0.2, 0.25) is 5.02 Å². The Balaban J connectivity index is 2.14. The molecule has 0 saturated heterocycles. The monoisotopic (exact) mass is 430 g/mol. The van der Waals surface area contributed by atoms with Crippen LogP contribution >= 0.6 is 23.1 Å². The Bertz CT molecular complexity index is 1080. The van der Waals surface area contributed by atoms with Gasteiger partial charge >= 0.3 is 0 Å². The first kappa shape index (κ1) is 21.3. The summed E-state index contributed by atoms with van der Waals surface area (Å²) in [5, 5.41) is 11.4. The molecule has 1 unspecified atom stereocenters. The van der Waals surface area contributed by atoms with Gasteiger partial charge in [-0.15, -0.1) is 0 Å². The number of carbonyl (C=O) groups is 1. The summed E-state index contributed by atoms with van der Waals surface area (Å²) < 4.78 is 7.70. The van der Waals surface area contributed by atoms with E-state index in [1.54, 1.807) is 12.1 Å². The van der Waals surface area contributed by atoms with Crippen molar-refractivity contribution in [2.75, 3.05) is 7.11 Å². The zero-order valence-corrected chi connectivity index (χ0v) is 18.3. The number of carbonyl (C=O) groups excluding carboxylic acids is 1. The highest BCUT2D eigenvalue weighted by molar-refractivity contribution is 7.04. The lowest BCUT2D eigenvalue weighted by Gasteiger charge is -2.19. The lowest BCUT2D eigenvalue weighted by Crippen LogP contribution is -2.18. The molecule has 0 aliphatic heterocycles. The van der Waals surface area contributed by atoms with Gasteiger partial charge in [0, 0.05) is 22.3 Å². The minimum Gasteiger partial charge on any atom is -0.496 e. The summed E-state index contributed by atoms with van der Waals surface area (Å²) in [7, 11) is 1.49. The van der Waals surface area contributed by atoms with Crippen LogP contribution in [0.1, 0.15) is 48.4 Å². The van der Waals surface area contributed by atoms with Crippen molar-refractivity contribution in [3.05, 3.63) is 81.1 Å². The summed E-state index contributed by atoms with van der Waals surface area (Å²) in [5.41, 5.74) is 1.36. The molecule has 0 fully saturated rings. The number of hydrogen-bond acceptors (Lipinski definition) is 4. The van der Waals surface area contributed by atoms with Gasteiger partial charge in [-0.1, -0.05) is 41.9 Å². The van der Waals surface area contributed by atoms with Gasteiger partial charge in [-0.25, -0.2) is 0 Å².